The predicted octanol–water partition coefficient (Wildman–Crippen LogP) is 10.6. The number of hydrogen-bond donors (Lipinski definition) is 0. The Balaban J connectivity index is 0.000000614. The molecule has 1 aliphatic heterocycles. The molecule has 2 atom stereocenters. The van der Waals surface area contributed by atoms with Gasteiger partial charge in [0, 0.05) is 27.4 Å². The van der Waals surface area contributed by atoms with Gasteiger partial charge in [0.2, 0.25) is 0 Å². The van der Waals surface area contributed by atoms with E-state index in [1.165, 1.54) is 32.6 Å². The van der Waals surface area contributed by atoms with Crippen LogP contribution < -0.4 is 10.4 Å². The van der Waals surface area contributed by atoms with E-state index in [2.05, 4.69) is 187 Å². The standard InChI is InChI=1S/C34H37N2Si.2C4H11Si.CH3.Ti/c1-34(2,3)35-37(28-16-6-4-7-17-28,29-18-8-5-9-19-29)33-24-32(30-20-12-13-21-31(30)33)36-23-22-26-14-10-11-15-27(26)25-36;2*1-5(2,3)4;;/h4-21,32-33H,22-25H2,1-3H3;2*1H2,2-4H3;1H3;/q4*-1;+4. The largest absolute Gasteiger partial charge is 4.00 e. The summed E-state index contributed by atoms with van der Waals surface area (Å²) in [6, 6.07) is 41.2. The molecule has 1 aliphatic carbocycles. The summed E-state index contributed by atoms with van der Waals surface area (Å²) in [6.45, 7) is 30.1. The number of nitrogens with zero attached hydrogens (tertiary/aromatic N) is 2. The molecule has 0 spiro atoms. The molecule has 0 radical (unpaired) electrons. The Bertz CT molecular complexity index is 1490. The van der Waals surface area contributed by atoms with E-state index in [-0.39, 0.29) is 34.7 Å². The van der Waals surface area contributed by atoms with Crippen molar-refractivity contribution in [3.05, 3.63) is 157 Å². The van der Waals surface area contributed by atoms with E-state index >= 15 is 0 Å². The summed E-state index contributed by atoms with van der Waals surface area (Å²) in [7, 11) is -4.30. The molecular formula is C43H62N2Si3Ti. The van der Waals surface area contributed by atoms with E-state index in [1.54, 1.807) is 0 Å². The van der Waals surface area contributed by atoms with Gasteiger partial charge >= 0.3 is 21.7 Å². The minimum atomic E-state index is -2.58. The Kier molecular flexibility index (Phi) is 16.0. The van der Waals surface area contributed by atoms with Crippen LogP contribution in [0.25, 0.3) is 4.98 Å². The summed E-state index contributed by atoms with van der Waals surface area (Å²) in [6.07, 6.45) is 2.25. The minimum absolute atomic E-state index is 0. The second kappa shape index (κ2) is 18.1. The SMILES string of the molecule is CC(C)(C)[N-][Si](c1ccccc1)(c1ccccc1)C1CC(N2CCc3ccccc3C2)c2ccccc21.[CH2-][Si](C)(C)C.[CH2-][Si](C)(C)C.[CH3-].[Ti+4]. The van der Waals surface area contributed by atoms with Gasteiger partial charge in [0.15, 0.2) is 0 Å². The molecule has 0 fully saturated rings. The zero-order chi connectivity index (χ0) is 34.5. The molecule has 2 aliphatic rings. The van der Waals surface area contributed by atoms with Gasteiger partial charge in [-0.2, -0.15) is 0 Å². The Morgan fingerprint density at radius 2 is 1.04 bits per heavy atom. The first kappa shape index (κ1) is 43.3. The quantitative estimate of drug-likeness (QED) is 0.147. The molecule has 6 heteroatoms. The Morgan fingerprint density at radius 1 is 0.633 bits per heavy atom. The van der Waals surface area contributed by atoms with E-state index in [0.717, 1.165) is 25.9 Å². The monoisotopic (exact) mass is 738 g/mol. The van der Waals surface area contributed by atoms with Gasteiger partial charge < -0.3 is 25.5 Å². The molecule has 2 unspecified atom stereocenters. The molecule has 0 N–H and O–H groups in total. The zero-order valence-corrected chi connectivity index (χ0v) is 36.7. The van der Waals surface area contributed by atoms with E-state index in [1.807, 2.05) is 0 Å². The number of hydrogen-bond acceptors (Lipinski definition) is 1. The van der Waals surface area contributed by atoms with Crippen LogP contribution in [0.3, 0.4) is 0 Å². The van der Waals surface area contributed by atoms with Gasteiger partial charge in [0.05, 0.1) is 0 Å². The van der Waals surface area contributed by atoms with Gasteiger partial charge in [-0.1, -0.05) is 180 Å². The van der Waals surface area contributed by atoms with E-state index < -0.39 is 24.4 Å². The third-order valence-electron chi connectivity index (χ3n) is 8.23. The average Bonchev–Trinajstić information content (AvgIpc) is 3.39. The van der Waals surface area contributed by atoms with Crippen molar-refractivity contribution in [1.82, 2.24) is 4.90 Å². The van der Waals surface area contributed by atoms with Crippen LogP contribution >= 0.6 is 0 Å². The maximum absolute atomic E-state index is 5.90. The number of fused-ring (bicyclic) bond motifs is 2. The topological polar surface area (TPSA) is 17.3 Å². The van der Waals surface area contributed by atoms with Gasteiger partial charge in [0.1, 0.15) is 0 Å². The Morgan fingerprint density at radius 3 is 1.51 bits per heavy atom. The Hall–Kier alpha value is -1.84. The summed E-state index contributed by atoms with van der Waals surface area (Å²) in [5.74, 6) is 0. The van der Waals surface area contributed by atoms with Gasteiger partial charge in [-0.15, -0.1) is 21.7 Å². The molecule has 6 rings (SSSR count). The normalized spacial score (nSPS) is 17.4. The fourth-order valence-corrected chi connectivity index (χ4v) is 12.1. The van der Waals surface area contributed by atoms with Crippen LogP contribution in [0.1, 0.15) is 61.0 Å². The van der Waals surface area contributed by atoms with Crippen LogP contribution in [0.2, 0.25) is 39.3 Å². The first-order valence-corrected chi connectivity index (χ1v) is 26.8. The van der Waals surface area contributed by atoms with Crippen molar-refractivity contribution in [2.75, 3.05) is 6.54 Å². The van der Waals surface area contributed by atoms with Crippen LogP contribution in [0.15, 0.2) is 109 Å². The fraction of sp³-hybridized carbons (Fsp3) is 0.372. The summed E-state index contributed by atoms with van der Waals surface area (Å²) in [5.41, 5.74) is 6.27. The smallest absolute Gasteiger partial charge is 0.651 e. The summed E-state index contributed by atoms with van der Waals surface area (Å²) < 4.78 is 0. The molecule has 0 aromatic heterocycles. The van der Waals surface area contributed by atoms with Crippen LogP contribution in [0.4, 0.5) is 0 Å². The van der Waals surface area contributed by atoms with Crippen molar-refractivity contribution in [3.63, 3.8) is 0 Å². The minimum Gasteiger partial charge on any atom is -0.651 e. The maximum Gasteiger partial charge on any atom is 4.00 e. The fourth-order valence-electron chi connectivity index (χ4n) is 6.82. The molecule has 4 aromatic carbocycles. The summed E-state index contributed by atoms with van der Waals surface area (Å²) in [5, 5.41) is 2.83. The first-order valence-electron chi connectivity index (χ1n) is 17.4. The van der Waals surface area contributed by atoms with Gasteiger partial charge in [-0.05, 0) is 40.6 Å². The Labute approximate surface area is 319 Å². The molecule has 1 heterocycles. The molecule has 0 amide bonds. The van der Waals surface area contributed by atoms with Gasteiger partial charge in [-0.3, -0.25) is 4.90 Å². The average molecular weight is 739 g/mol. The van der Waals surface area contributed by atoms with Gasteiger partial charge in [-0.25, -0.2) is 0 Å². The number of rotatable bonds is 5. The maximum atomic E-state index is 5.90. The second-order valence-corrected chi connectivity index (χ2v) is 30.7. The molecule has 0 bridgehead atoms. The molecule has 0 saturated carbocycles. The molecule has 4 aromatic rings. The van der Waals surface area contributed by atoms with Crippen LogP contribution in [0.5, 0.6) is 0 Å². The van der Waals surface area contributed by atoms with Crippen molar-refractivity contribution < 1.29 is 21.7 Å². The third kappa shape index (κ3) is 12.4. The van der Waals surface area contributed by atoms with Crippen molar-refractivity contribution in [3.8, 4) is 0 Å². The summed E-state index contributed by atoms with van der Waals surface area (Å²) >= 11 is 0. The van der Waals surface area contributed by atoms with Crippen molar-refractivity contribution in [2.24, 2.45) is 0 Å². The van der Waals surface area contributed by atoms with E-state index in [0.29, 0.717) is 11.6 Å². The van der Waals surface area contributed by atoms with Crippen molar-refractivity contribution in [2.45, 2.75) is 96.6 Å². The van der Waals surface area contributed by atoms with E-state index in [4.69, 9.17) is 4.98 Å². The first-order chi connectivity index (χ1) is 22.0. The van der Waals surface area contributed by atoms with Gasteiger partial charge in [0.25, 0.3) is 0 Å². The molecule has 2 nitrogen and oxygen atoms in total. The zero-order valence-electron chi connectivity index (χ0n) is 32.2. The second-order valence-electron chi connectivity index (χ2n) is 16.8. The molecule has 49 heavy (non-hydrogen) atoms. The molecule has 260 valence electrons. The predicted molar refractivity (Wildman–Crippen MR) is 222 cm³/mol. The molecule has 0 saturated heterocycles. The van der Waals surface area contributed by atoms with E-state index in [9.17, 15) is 0 Å². The van der Waals surface area contributed by atoms with Crippen LogP contribution in [0, 0.1) is 20.5 Å². The van der Waals surface area contributed by atoms with Crippen LogP contribution in [-0.4, -0.2) is 41.4 Å². The van der Waals surface area contributed by atoms with Crippen LogP contribution in [-0.2, 0) is 34.7 Å². The third-order valence-corrected chi connectivity index (χ3v) is 13.2. The summed E-state index contributed by atoms with van der Waals surface area (Å²) in [4.78, 5) is 8.64. The van der Waals surface area contributed by atoms with Crippen molar-refractivity contribution >= 4 is 34.8 Å². The van der Waals surface area contributed by atoms with Crippen molar-refractivity contribution in [1.29, 1.82) is 0 Å². The molecular weight excluding hydrogens is 677 g/mol. The number of benzene rings is 4.